The fraction of sp³-hybridized carbons (Fsp3) is 0.500. The van der Waals surface area contributed by atoms with Crippen LogP contribution >= 0.6 is 15.9 Å². The molecule has 0 aliphatic heterocycles. The van der Waals surface area contributed by atoms with E-state index in [4.69, 9.17) is 5.11 Å². The number of hydrogen-bond donors (Lipinski definition) is 3. The van der Waals surface area contributed by atoms with E-state index in [-0.39, 0.29) is 24.7 Å². The molecular formula is C14H21BrN2O2. The van der Waals surface area contributed by atoms with Crippen molar-refractivity contribution in [2.45, 2.75) is 38.8 Å². The van der Waals surface area contributed by atoms with Crippen molar-refractivity contribution in [3.05, 3.63) is 34.3 Å². The van der Waals surface area contributed by atoms with Crippen LogP contribution in [0.5, 0.6) is 0 Å². The van der Waals surface area contributed by atoms with Gasteiger partial charge in [-0.05, 0) is 37.5 Å². The number of urea groups is 1. The molecule has 0 saturated heterocycles. The van der Waals surface area contributed by atoms with Crippen LogP contribution in [0.15, 0.2) is 28.7 Å². The lowest BCUT2D eigenvalue weighted by Crippen LogP contribution is -2.42. The molecule has 0 radical (unpaired) electrons. The minimum atomic E-state index is -0.198. The monoisotopic (exact) mass is 328 g/mol. The highest BCUT2D eigenvalue weighted by Gasteiger charge is 2.13. The Morgan fingerprint density at radius 2 is 1.95 bits per heavy atom. The van der Waals surface area contributed by atoms with Crippen LogP contribution in [0, 0.1) is 0 Å². The van der Waals surface area contributed by atoms with Crippen LogP contribution in [0.3, 0.4) is 0 Å². The summed E-state index contributed by atoms with van der Waals surface area (Å²) in [5, 5.41) is 14.6. The maximum atomic E-state index is 11.8. The summed E-state index contributed by atoms with van der Waals surface area (Å²) < 4.78 is 1.02. The van der Waals surface area contributed by atoms with Gasteiger partial charge in [-0.2, -0.15) is 0 Å². The summed E-state index contributed by atoms with van der Waals surface area (Å²) in [6.07, 6.45) is 1.38. The number of carbonyl (C=O) groups is 1. The first-order valence-electron chi connectivity index (χ1n) is 6.50. The molecule has 1 rings (SSSR count). The van der Waals surface area contributed by atoms with Gasteiger partial charge in [0.05, 0.1) is 6.04 Å². The largest absolute Gasteiger partial charge is 0.396 e. The first-order chi connectivity index (χ1) is 9.06. The van der Waals surface area contributed by atoms with Gasteiger partial charge in [0.25, 0.3) is 0 Å². The molecule has 0 saturated carbocycles. The third-order valence-electron chi connectivity index (χ3n) is 2.93. The van der Waals surface area contributed by atoms with E-state index in [0.717, 1.165) is 16.5 Å². The summed E-state index contributed by atoms with van der Waals surface area (Å²) in [5.74, 6) is 0. The maximum absolute atomic E-state index is 11.8. The molecule has 4 nitrogen and oxygen atoms in total. The summed E-state index contributed by atoms with van der Waals surface area (Å²) >= 11 is 3.39. The summed E-state index contributed by atoms with van der Waals surface area (Å²) in [5.41, 5.74) is 1.08. The average molecular weight is 329 g/mol. The van der Waals surface area contributed by atoms with Crippen molar-refractivity contribution in [2.75, 3.05) is 6.61 Å². The Labute approximate surface area is 122 Å². The van der Waals surface area contributed by atoms with Gasteiger partial charge in [-0.3, -0.25) is 0 Å². The lowest BCUT2D eigenvalue weighted by atomic mass is 10.1. The molecule has 5 heteroatoms. The fourth-order valence-corrected chi connectivity index (χ4v) is 2.07. The standard InChI is InChI=1S/C14H21BrN2O2/c1-3-13(11-4-6-12(15)7-5-11)17-14(19)16-10(2)8-9-18/h4-7,10,13,18H,3,8-9H2,1-2H3,(H2,16,17,19)/t10-,13?/m1/s1. The number of nitrogens with one attached hydrogen (secondary N) is 2. The molecule has 0 aliphatic rings. The smallest absolute Gasteiger partial charge is 0.315 e. The van der Waals surface area contributed by atoms with E-state index >= 15 is 0 Å². The third kappa shape index (κ3) is 5.61. The summed E-state index contributed by atoms with van der Waals surface area (Å²) in [7, 11) is 0. The van der Waals surface area contributed by atoms with Crippen molar-refractivity contribution in [3.63, 3.8) is 0 Å². The molecular weight excluding hydrogens is 308 g/mol. The van der Waals surface area contributed by atoms with Crippen molar-refractivity contribution < 1.29 is 9.90 Å². The van der Waals surface area contributed by atoms with Crippen molar-refractivity contribution in [1.82, 2.24) is 10.6 Å². The molecule has 2 amide bonds. The Balaban J connectivity index is 2.56. The van der Waals surface area contributed by atoms with Crippen molar-refractivity contribution >= 4 is 22.0 Å². The first-order valence-corrected chi connectivity index (χ1v) is 7.29. The van der Waals surface area contributed by atoms with Crippen LogP contribution in [0.2, 0.25) is 0 Å². The minimum absolute atomic E-state index is 0.00516. The van der Waals surface area contributed by atoms with Gasteiger partial charge >= 0.3 is 6.03 Å². The molecule has 0 fully saturated rings. The zero-order valence-electron chi connectivity index (χ0n) is 11.3. The van der Waals surface area contributed by atoms with Gasteiger partial charge in [-0.15, -0.1) is 0 Å². The number of aliphatic hydroxyl groups is 1. The molecule has 1 aromatic carbocycles. The third-order valence-corrected chi connectivity index (χ3v) is 3.45. The maximum Gasteiger partial charge on any atom is 0.315 e. The molecule has 1 unspecified atom stereocenters. The zero-order chi connectivity index (χ0) is 14.3. The van der Waals surface area contributed by atoms with E-state index in [1.807, 2.05) is 38.1 Å². The minimum Gasteiger partial charge on any atom is -0.396 e. The summed E-state index contributed by atoms with van der Waals surface area (Å²) in [4.78, 5) is 11.8. The van der Waals surface area contributed by atoms with E-state index in [1.54, 1.807) is 0 Å². The molecule has 106 valence electrons. The number of rotatable bonds is 6. The Kier molecular flexibility index (Phi) is 6.87. The number of benzene rings is 1. The SMILES string of the molecule is CCC(NC(=O)N[C@H](C)CCO)c1ccc(Br)cc1. The van der Waals surface area contributed by atoms with Gasteiger partial charge in [0, 0.05) is 17.1 Å². The van der Waals surface area contributed by atoms with Crippen LogP contribution in [0.4, 0.5) is 4.79 Å². The van der Waals surface area contributed by atoms with Gasteiger partial charge in [0.2, 0.25) is 0 Å². The van der Waals surface area contributed by atoms with Crippen LogP contribution in [-0.2, 0) is 0 Å². The molecule has 1 aromatic rings. The molecule has 0 bridgehead atoms. The molecule has 3 N–H and O–H groups in total. The highest BCUT2D eigenvalue weighted by atomic mass is 79.9. The van der Waals surface area contributed by atoms with Crippen LogP contribution in [0.25, 0.3) is 0 Å². The van der Waals surface area contributed by atoms with Crippen LogP contribution in [0.1, 0.15) is 38.3 Å². The molecule has 0 spiro atoms. The van der Waals surface area contributed by atoms with E-state index < -0.39 is 0 Å². The Bertz CT molecular complexity index is 395. The number of halogens is 1. The quantitative estimate of drug-likeness (QED) is 0.751. The van der Waals surface area contributed by atoms with Gasteiger partial charge in [0.1, 0.15) is 0 Å². The Morgan fingerprint density at radius 3 is 2.47 bits per heavy atom. The van der Waals surface area contributed by atoms with Gasteiger partial charge in [0.15, 0.2) is 0 Å². The zero-order valence-corrected chi connectivity index (χ0v) is 12.9. The van der Waals surface area contributed by atoms with E-state index in [0.29, 0.717) is 6.42 Å². The van der Waals surface area contributed by atoms with Crippen molar-refractivity contribution in [1.29, 1.82) is 0 Å². The van der Waals surface area contributed by atoms with Gasteiger partial charge in [-0.25, -0.2) is 4.79 Å². The topological polar surface area (TPSA) is 61.4 Å². The average Bonchev–Trinajstić information content (AvgIpc) is 2.37. The first kappa shape index (κ1) is 16.0. The predicted molar refractivity (Wildman–Crippen MR) is 80.0 cm³/mol. The van der Waals surface area contributed by atoms with Crippen LogP contribution in [-0.4, -0.2) is 23.8 Å². The van der Waals surface area contributed by atoms with Gasteiger partial charge in [-0.1, -0.05) is 35.0 Å². The van der Waals surface area contributed by atoms with E-state index in [1.165, 1.54) is 0 Å². The van der Waals surface area contributed by atoms with Crippen LogP contribution < -0.4 is 10.6 Å². The van der Waals surface area contributed by atoms with Crippen molar-refractivity contribution in [2.24, 2.45) is 0 Å². The Morgan fingerprint density at radius 1 is 1.32 bits per heavy atom. The number of aliphatic hydroxyl groups excluding tert-OH is 1. The van der Waals surface area contributed by atoms with E-state index in [2.05, 4.69) is 26.6 Å². The van der Waals surface area contributed by atoms with Crippen molar-refractivity contribution in [3.8, 4) is 0 Å². The lowest BCUT2D eigenvalue weighted by Gasteiger charge is -2.20. The number of hydrogen-bond acceptors (Lipinski definition) is 2. The molecule has 2 atom stereocenters. The highest BCUT2D eigenvalue weighted by Crippen LogP contribution is 2.19. The molecule has 0 aromatic heterocycles. The number of carbonyl (C=O) groups excluding carboxylic acids is 1. The lowest BCUT2D eigenvalue weighted by molar-refractivity contribution is 0.227. The number of amides is 2. The van der Waals surface area contributed by atoms with E-state index in [9.17, 15) is 4.79 Å². The molecule has 19 heavy (non-hydrogen) atoms. The normalized spacial score (nSPS) is 13.7. The summed E-state index contributed by atoms with van der Waals surface area (Å²) in [6, 6.07) is 7.68. The second kappa shape index (κ2) is 8.17. The second-order valence-electron chi connectivity index (χ2n) is 4.54. The summed E-state index contributed by atoms with van der Waals surface area (Å²) in [6.45, 7) is 3.98. The second-order valence-corrected chi connectivity index (χ2v) is 5.46. The highest BCUT2D eigenvalue weighted by molar-refractivity contribution is 9.10. The molecule has 0 heterocycles. The fourth-order valence-electron chi connectivity index (χ4n) is 1.81. The predicted octanol–water partition coefficient (Wildman–Crippen LogP) is 2.97. The molecule has 0 aliphatic carbocycles. The van der Waals surface area contributed by atoms with Gasteiger partial charge < -0.3 is 15.7 Å². The Hall–Kier alpha value is -1.07.